The van der Waals surface area contributed by atoms with Crippen molar-refractivity contribution in [3.63, 3.8) is 0 Å². The lowest BCUT2D eigenvalue weighted by Gasteiger charge is -2.22. The van der Waals surface area contributed by atoms with Crippen molar-refractivity contribution < 1.29 is 4.39 Å². The highest BCUT2D eigenvalue weighted by atomic mass is 19.1. The number of hydrogen-bond donors (Lipinski definition) is 1. The molecule has 5 heteroatoms. The van der Waals surface area contributed by atoms with Gasteiger partial charge in [0.2, 0.25) is 0 Å². The molecular formula is C14H17FN4. The molecule has 1 fully saturated rings. The molecule has 1 unspecified atom stereocenters. The van der Waals surface area contributed by atoms with Crippen LogP contribution in [0.5, 0.6) is 0 Å². The van der Waals surface area contributed by atoms with Crippen molar-refractivity contribution >= 4 is 0 Å². The number of halogens is 1. The zero-order valence-corrected chi connectivity index (χ0v) is 10.7. The van der Waals surface area contributed by atoms with Crippen LogP contribution in [0.2, 0.25) is 0 Å². The largest absolute Gasteiger partial charge is 0.316 e. The zero-order valence-electron chi connectivity index (χ0n) is 10.7. The second kappa shape index (κ2) is 5.48. The summed E-state index contributed by atoms with van der Waals surface area (Å²) in [6.07, 6.45) is 6.27. The molecule has 1 aromatic heterocycles. The normalized spacial score (nSPS) is 19.5. The van der Waals surface area contributed by atoms with Crippen LogP contribution in [0, 0.1) is 11.7 Å². The maximum absolute atomic E-state index is 14.1. The molecule has 0 amide bonds. The molecule has 1 atom stereocenters. The van der Waals surface area contributed by atoms with E-state index in [-0.39, 0.29) is 5.82 Å². The molecule has 1 aromatic carbocycles. The van der Waals surface area contributed by atoms with Gasteiger partial charge in [-0.3, -0.25) is 0 Å². The van der Waals surface area contributed by atoms with Gasteiger partial charge >= 0.3 is 0 Å². The Labute approximate surface area is 111 Å². The van der Waals surface area contributed by atoms with Gasteiger partial charge in [0, 0.05) is 0 Å². The van der Waals surface area contributed by atoms with E-state index in [0.29, 0.717) is 11.6 Å². The molecule has 2 heterocycles. The first-order chi connectivity index (χ1) is 9.33. The summed E-state index contributed by atoms with van der Waals surface area (Å²) in [6, 6.07) is 5.37. The lowest BCUT2D eigenvalue weighted by Crippen LogP contribution is -2.30. The van der Waals surface area contributed by atoms with Crippen LogP contribution in [0.15, 0.2) is 30.9 Å². The molecule has 0 saturated carbocycles. The van der Waals surface area contributed by atoms with Crippen LogP contribution in [0.4, 0.5) is 4.39 Å². The highest BCUT2D eigenvalue weighted by Gasteiger charge is 2.14. The summed E-state index contributed by atoms with van der Waals surface area (Å²) >= 11 is 0. The fraction of sp³-hybridized carbons (Fsp3) is 0.429. The van der Waals surface area contributed by atoms with E-state index in [4.69, 9.17) is 0 Å². The first kappa shape index (κ1) is 12.3. The topological polar surface area (TPSA) is 42.7 Å². The number of nitrogens with one attached hydrogen (secondary N) is 1. The average Bonchev–Trinajstić information content (AvgIpc) is 2.94. The molecule has 0 radical (unpaired) electrons. The molecule has 1 aliphatic heterocycles. The number of aromatic nitrogens is 3. The molecule has 2 aromatic rings. The Hall–Kier alpha value is -1.75. The minimum Gasteiger partial charge on any atom is -0.316 e. The van der Waals surface area contributed by atoms with Crippen molar-refractivity contribution in [2.75, 3.05) is 13.1 Å². The number of hydrogen-bond acceptors (Lipinski definition) is 3. The monoisotopic (exact) mass is 260 g/mol. The van der Waals surface area contributed by atoms with Gasteiger partial charge in [-0.05, 0) is 56.0 Å². The summed E-state index contributed by atoms with van der Waals surface area (Å²) < 4.78 is 15.5. The molecular weight excluding hydrogens is 243 g/mol. The average molecular weight is 260 g/mol. The van der Waals surface area contributed by atoms with Gasteiger partial charge in [-0.15, -0.1) is 0 Å². The van der Waals surface area contributed by atoms with Crippen LogP contribution >= 0.6 is 0 Å². The fourth-order valence-corrected chi connectivity index (χ4v) is 2.63. The fourth-order valence-electron chi connectivity index (χ4n) is 2.63. The number of rotatable bonds is 3. The van der Waals surface area contributed by atoms with E-state index in [1.54, 1.807) is 12.1 Å². The maximum Gasteiger partial charge on any atom is 0.149 e. The van der Waals surface area contributed by atoms with Gasteiger partial charge in [0.25, 0.3) is 0 Å². The van der Waals surface area contributed by atoms with E-state index in [1.165, 1.54) is 30.2 Å². The zero-order chi connectivity index (χ0) is 13.1. The third kappa shape index (κ3) is 2.81. The van der Waals surface area contributed by atoms with Gasteiger partial charge in [0.1, 0.15) is 24.2 Å². The Bertz CT molecular complexity index is 532. The molecule has 100 valence electrons. The second-order valence-corrected chi connectivity index (χ2v) is 5.04. The van der Waals surface area contributed by atoms with Crippen LogP contribution in [0.3, 0.4) is 0 Å². The van der Waals surface area contributed by atoms with E-state index in [0.717, 1.165) is 25.1 Å². The lowest BCUT2D eigenvalue weighted by molar-refractivity contribution is 0.375. The first-order valence-corrected chi connectivity index (χ1v) is 6.67. The van der Waals surface area contributed by atoms with Crippen LogP contribution in [0.25, 0.3) is 5.69 Å². The number of nitrogens with zero attached hydrogens (tertiary/aromatic N) is 3. The van der Waals surface area contributed by atoms with Gasteiger partial charge < -0.3 is 5.32 Å². The molecule has 1 N–H and O–H groups in total. The molecule has 0 spiro atoms. The SMILES string of the molecule is Fc1cc(CC2CCCNC2)ccc1-n1cncn1. The third-order valence-electron chi connectivity index (χ3n) is 3.60. The van der Waals surface area contributed by atoms with Gasteiger partial charge in [0.05, 0.1) is 0 Å². The minimum absolute atomic E-state index is 0.244. The third-order valence-corrected chi connectivity index (χ3v) is 3.60. The molecule has 3 rings (SSSR count). The van der Waals surface area contributed by atoms with Gasteiger partial charge in [-0.25, -0.2) is 14.1 Å². The van der Waals surface area contributed by atoms with Gasteiger partial charge in [0.15, 0.2) is 0 Å². The van der Waals surface area contributed by atoms with E-state index in [1.807, 2.05) is 6.07 Å². The van der Waals surface area contributed by atoms with Crippen LogP contribution in [-0.4, -0.2) is 27.9 Å². The summed E-state index contributed by atoms with van der Waals surface area (Å²) in [7, 11) is 0. The summed E-state index contributed by atoms with van der Waals surface area (Å²) in [5.41, 5.74) is 1.50. The summed E-state index contributed by atoms with van der Waals surface area (Å²) in [5, 5.41) is 7.34. The van der Waals surface area contributed by atoms with Crippen molar-refractivity contribution in [3.8, 4) is 5.69 Å². The quantitative estimate of drug-likeness (QED) is 0.917. The first-order valence-electron chi connectivity index (χ1n) is 6.67. The molecule has 1 aliphatic rings. The van der Waals surface area contributed by atoms with Crippen LogP contribution in [-0.2, 0) is 6.42 Å². The van der Waals surface area contributed by atoms with Crippen LogP contribution in [0.1, 0.15) is 18.4 Å². The van der Waals surface area contributed by atoms with Crippen LogP contribution < -0.4 is 5.32 Å². The highest BCUT2D eigenvalue weighted by molar-refractivity contribution is 5.35. The molecule has 0 aliphatic carbocycles. The molecule has 4 nitrogen and oxygen atoms in total. The summed E-state index contributed by atoms with van der Waals surface area (Å²) in [6.45, 7) is 2.14. The van der Waals surface area contributed by atoms with Crippen molar-refractivity contribution in [3.05, 3.63) is 42.2 Å². The summed E-state index contributed by atoms with van der Waals surface area (Å²) in [5.74, 6) is 0.372. The molecule has 1 saturated heterocycles. The van der Waals surface area contributed by atoms with Crippen molar-refractivity contribution in [2.45, 2.75) is 19.3 Å². The molecule has 0 bridgehead atoms. The maximum atomic E-state index is 14.1. The molecule has 19 heavy (non-hydrogen) atoms. The number of benzene rings is 1. The van der Waals surface area contributed by atoms with E-state index in [9.17, 15) is 4.39 Å². The lowest BCUT2D eigenvalue weighted by atomic mass is 9.92. The minimum atomic E-state index is -0.244. The van der Waals surface area contributed by atoms with Gasteiger partial charge in [-0.1, -0.05) is 6.07 Å². The standard InChI is InChI=1S/C14H17FN4/c15-13-7-11(6-12-2-1-5-16-8-12)3-4-14(13)19-10-17-9-18-19/h3-4,7,9-10,12,16H,1-2,5-6,8H2. The Morgan fingerprint density at radius 2 is 2.37 bits per heavy atom. The Kier molecular flexibility index (Phi) is 3.55. The van der Waals surface area contributed by atoms with E-state index < -0.39 is 0 Å². The second-order valence-electron chi connectivity index (χ2n) is 5.04. The predicted molar refractivity (Wildman–Crippen MR) is 70.6 cm³/mol. The predicted octanol–water partition coefficient (Wildman–Crippen LogP) is 1.95. The smallest absolute Gasteiger partial charge is 0.149 e. The van der Waals surface area contributed by atoms with Gasteiger partial charge in [-0.2, -0.15) is 5.10 Å². The highest BCUT2D eigenvalue weighted by Crippen LogP contribution is 2.19. The number of piperidine rings is 1. The Morgan fingerprint density at radius 1 is 1.42 bits per heavy atom. The summed E-state index contributed by atoms with van der Waals surface area (Å²) in [4.78, 5) is 3.83. The Balaban J connectivity index is 1.75. The van der Waals surface area contributed by atoms with Crippen molar-refractivity contribution in [2.24, 2.45) is 5.92 Å². The van der Waals surface area contributed by atoms with Crippen molar-refractivity contribution in [1.82, 2.24) is 20.1 Å². The van der Waals surface area contributed by atoms with E-state index in [2.05, 4.69) is 15.4 Å². The Morgan fingerprint density at radius 3 is 3.05 bits per heavy atom. The van der Waals surface area contributed by atoms with Crippen molar-refractivity contribution in [1.29, 1.82) is 0 Å². The van der Waals surface area contributed by atoms with E-state index >= 15 is 0 Å².